The van der Waals surface area contributed by atoms with Gasteiger partial charge in [0.15, 0.2) is 11.5 Å². The highest BCUT2D eigenvalue weighted by atomic mass is 16.6. The first-order chi connectivity index (χ1) is 14.2. The van der Waals surface area contributed by atoms with Crippen molar-refractivity contribution in [1.82, 2.24) is 15.2 Å². The van der Waals surface area contributed by atoms with E-state index in [-0.39, 0.29) is 17.9 Å². The Morgan fingerprint density at radius 1 is 1.17 bits per heavy atom. The minimum Gasteiger partial charge on any atom is -0.486 e. The molecule has 4 rings (SSSR count). The van der Waals surface area contributed by atoms with E-state index in [1.165, 1.54) is 0 Å². The van der Waals surface area contributed by atoms with Crippen LogP contribution in [0.1, 0.15) is 37.1 Å². The van der Waals surface area contributed by atoms with E-state index < -0.39 is 0 Å². The molecule has 2 aliphatic rings. The molecule has 0 spiro atoms. The minimum absolute atomic E-state index is 0.0551. The highest BCUT2D eigenvalue weighted by Gasteiger charge is 2.26. The SMILES string of the molecule is C[C@H](NC(=O)C1CCN(CCc2ccccn2)CC1)c1ccc2c(c1)OCCO2. The van der Waals surface area contributed by atoms with Crippen molar-refractivity contribution in [3.8, 4) is 11.5 Å². The Hall–Kier alpha value is -2.60. The standard InChI is InChI=1S/C23H29N3O3/c1-17(19-5-6-21-22(16-19)29-15-14-28-21)25-23(27)18-7-11-26(12-8-18)13-9-20-4-2-3-10-24-20/h2-6,10,16-18H,7-9,11-15H2,1H3,(H,25,27)/t17-/m0/s1. The number of pyridine rings is 1. The highest BCUT2D eigenvalue weighted by molar-refractivity contribution is 5.79. The van der Waals surface area contributed by atoms with Crippen molar-refractivity contribution in [2.75, 3.05) is 32.8 Å². The summed E-state index contributed by atoms with van der Waals surface area (Å²) in [5.41, 5.74) is 2.16. The molecule has 1 atom stereocenters. The molecule has 0 saturated carbocycles. The molecule has 1 saturated heterocycles. The van der Waals surface area contributed by atoms with Crippen molar-refractivity contribution >= 4 is 5.91 Å². The van der Waals surface area contributed by atoms with E-state index in [1.807, 2.05) is 43.5 Å². The fourth-order valence-electron chi connectivity index (χ4n) is 3.98. The van der Waals surface area contributed by atoms with Crippen LogP contribution in [0.4, 0.5) is 0 Å². The number of nitrogens with one attached hydrogen (secondary N) is 1. The summed E-state index contributed by atoms with van der Waals surface area (Å²) in [6.45, 7) is 6.09. The number of hydrogen-bond acceptors (Lipinski definition) is 5. The number of fused-ring (bicyclic) bond motifs is 1. The summed E-state index contributed by atoms with van der Waals surface area (Å²) in [6, 6.07) is 11.9. The van der Waals surface area contributed by atoms with Gasteiger partial charge in [-0.2, -0.15) is 0 Å². The number of carbonyl (C=O) groups excluding carboxylic acids is 1. The van der Waals surface area contributed by atoms with E-state index in [0.29, 0.717) is 13.2 Å². The summed E-state index contributed by atoms with van der Waals surface area (Å²) >= 11 is 0. The number of piperidine rings is 1. The van der Waals surface area contributed by atoms with E-state index >= 15 is 0 Å². The van der Waals surface area contributed by atoms with Crippen molar-refractivity contribution in [2.24, 2.45) is 5.92 Å². The lowest BCUT2D eigenvalue weighted by Gasteiger charge is -2.32. The molecule has 1 fully saturated rings. The van der Waals surface area contributed by atoms with Gasteiger partial charge in [-0.1, -0.05) is 12.1 Å². The van der Waals surface area contributed by atoms with Crippen LogP contribution in [-0.4, -0.2) is 48.6 Å². The Balaban J connectivity index is 1.24. The second-order valence-corrected chi connectivity index (χ2v) is 7.82. The summed E-state index contributed by atoms with van der Waals surface area (Å²) in [7, 11) is 0. The van der Waals surface area contributed by atoms with Gasteiger partial charge in [0.1, 0.15) is 13.2 Å². The van der Waals surface area contributed by atoms with Crippen LogP contribution in [0.2, 0.25) is 0 Å². The molecule has 1 N–H and O–H groups in total. The zero-order chi connectivity index (χ0) is 20.1. The Morgan fingerprint density at radius 3 is 2.72 bits per heavy atom. The topological polar surface area (TPSA) is 63.7 Å². The molecule has 0 bridgehead atoms. The van der Waals surface area contributed by atoms with Gasteiger partial charge in [0.25, 0.3) is 0 Å². The van der Waals surface area contributed by atoms with Crippen LogP contribution in [-0.2, 0) is 11.2 Å². The van der Waals surface area contributed by atoms with Crippen LogP contribution in [0.25, 0.3) is 0 Å². The monoisotopic (exact) mass is 395 g/mol. The quantitative estimate of drug-likeness (QED) is 0.815. The molecule has 3 heterocycles. The van der Waals surface area contributed by atoms with Crippen molar-refractivity contribution < 1.29 is 14.3 Å². The van der Waals surface area contributed by atoms with Gasteiger partial charge in [0, 0.05) is 30.8 Å². The predicted octanol–water partition coefficient (Wildman–Crippen LogP) is 2.98. The summed E-state index contributed by atoms with van der Waals surface area (Å²) < 4.78 is 11.2. The highest BCUT2D eigenvalue weighted by Crippen LogP contribution is 2.32. The Morgan fingerprint density at radius 2 is 1.97 bits per heavy atom. The van der Waals surface area contributed by atoms with Crippen molar-refractivity contribution in [1.29, 1.82) is 0 Å². The first kappa shape index (κ1) is 19.7. The zero-order valence-corrected chi connectivity index (χ0v) is 17.0. The van der Waals surface area contributed by atoms with Gasteiger partial charge in [-0.05, 0) is 62.7 Å². The van der Waals surface area contributed by atoms with Crippen molar-refractivity contribution in [3.05, 3.63) is 53.9 Å². The van der Waals surface area contributed by atoms with Gasteiger partial charge in [0.05, 0.1) is 6.04 Å². The van der Waals surface area contributed by atoms with Crippen LogP contribution >= 0.6 is 0 Å². The van der Waals surface area contributed by atoms with E-state index in [0.717, 1.165) is 61.7 Å². The molecule has 0 unspecified atom stereocenters. The van der Waals surface area contributed by atoms with Crippen molar-refractivity contribution in [3.63, 3.8) is 0 Å². The number of likely N-dealkylation sites (tertiary alicyclic amines) is 1. The maximum absolute atomic E-state index is 12.8. The Bertz CT molecular complexity index is 819. The largest absolute Gasteiger partial charge is 0.486 e. The van der Waals surface area contributed by atoms with Gasteiger partial charge in [-0.25, -0.2) is 0 Å². The molecule has 2 aliphatic heterocycles. The lowest BCUT2D eigenvalue weighted by molar-refractivity contribution is -0.127. The minimum atomic E-state index is -0.0551. The fraction of sp³-hybridized carbons (Fsp3) is 0.478. The molecule has 29 heavy (non-hydrogen) atoms. The molecule has 2 aromatic rings. The third-order valence-electron chi connectivity index (χ3n) is 5.79. The summed E-state index contributed by atoms with van der Waals surface area (Å²) in [5.74, 6) is 1.77. The molecule has 154 valence electrons. The molecule has 1 aromatic heterocycles. The fourth-order valence-corrected chi connectivity index (χ4v) is 3.98. The van der Waals surface area contributed by atoms with E-state index in [4.69, 9.17) is 9.47 Å². The average molecular weight is 396 g/mol. The van der Waals surface area contributed by atoms with Gasteiger partial charge in [-0.3, -0.25) is 9.78 Å². The predicted molar refractivity (Wildman–Crippen MR) is 111 cm³/mol. The lowest BCUT2D eigenvalue weighted by Crippen LogP contribution is -2.41. The number of ether oxygens (including phenoxy) is 2. The Labute approximate surface area is 172 Å². The Kier molecular flexibility index (Phi) is 6.30. The smallest absolute Gasteiger partial charge is 0.223 e. The maximum Gasteiger partial charge on any atom is 0.223 e. The van der Waals surface area contributed by atoms with E-state index in [9.17, 15) is 4.79 Å². The number of aromatic nitrogens is 1. The molecule has 6 heteroatoms. The van der Waals surface area contributed by atoms with Crippen LogP contribution in [0.5, 0.6) is 11.5 Å². The van der Waals surface area contributed by atoms with Crippen LogP contribution < -0.4 is 14.8 Å². The number of rotatable bonds is 6. The third kappa shape index (κ3) is 5.07. The van der Waals surface area contributed by atoms with E-state index in [2.05, 4.69) is 21.3 Å². The number of nitrogens with zero attached hydrogens (tertiary/aromatic N) is 2. The molecular weight excluding hydrogens is 366 g/mol. The molecule has 0 aliphatic carbocycles. The normalized spacial score (nSPS) is 18.2. The van der Waals surface area contributed by atoms with Crippen molar-refractivity contribution in [2.45, 2.75) is 32.2 Å². The van der Waals surface area contributed by atoms with Crippen LogP contribution in [0.3, 0.4) is 0 Å². The molecule has 6 nitrogen and oxygen atoms in total. The second kappa shape index (κ2) is 9.27. The average Bonchev–Trinajstić information content (AvgIpc) is 2.78. The zero-order valence-electron chi connectivity index (χ0n) is 17.0. The molecule has 1 amide bonds. The first-order valence-electron chi connectivity index (χ1n) is 10.5. The summed E-state index contributed by atoms with van der Waals surface area (Å²) in [5, 5.41) is 3.18. The third-order valence-corrected chi connectivity index (χ3v) is 5.79. The van der Waals surface area contributed by atoms with Gasteiger partial charge in [0.2, 0.25) is 5.91 Å². The molecule has 0 radical (unpaired) electrons. The maximum atomic E-state index is 12.8. The first-order valence-corrected chi connectivity index (χ1v) is 10.5. The molecule has 1 aromatic carbocycles. The van der Waals surface area contributed by atoms with Crippen LogP contribution in [0.15, 0.2) is 42.6 Å². The summed E-state index contributed by atoms with van der Waals surface area (Å²) in [6.07, 6.45) is 4.61. The lowest BCUT2D eigenvalue weighted by atomic mass is 9.95. The van der Waals surface area contributed by atoms with Crippen LogP contribution in [0, 0.1) is 5.92 Å². The van der Waals surface area contributed by atoms with Gasteiger partial charge in [-0.15, -0.1) is 0 Å². The van der Waals surface area contributed by atoms with Gasteiger partial charge < -0.3 is 19.7 Å². The molecular formula is C23H29N3O3. The number of amides is 1. The second-order valence-electron chi connectivity index (χ2n) is 7.82. The number of benzene rings is 1. The van der Waals surface area contributed by atoms with Gasteiger partial charge >= 0.3 is 0 Å². The summed E-state index contributed by atoms with van der Waals surface area (Å²) in [4.78, 5) is 19.6. The van der Waals surface area contributed by atoms with E-state index in [1.54, 1.807) is 0 Å². The number of hydrogen-bond donors (Lipinski definition) is 1. The number of carbonyl (C=O) groups is 1.